The van der Waals surface area contributed by atoms with Crippen molar-refractivity contribution in [2.45, 2.75) is 64.8 Å². The van der Waals surface area contributed by atoms with Crippen LogP contribution < -0.4 is 5.32 Å². The molecule has 1 fully saturated rings. The molecular weight excluding hydrogens is 354 g/mol. The highest BCUT2D eigenvalue weighted by Crippen LogP contribution is 2.23. The maximum Gasteiger partial charge on any atom is 0.253 e. The minimum atomic E-state index is -0.0709. The Morgan fingerprint density at radius 1 is 1.14 bits per heavy atom. The molecule has 0 saturated heterocycles. The van der Waals surface area contributed by atoms with Gasteiger partial charge in [-0.2, -0.15) is 0 Å². The Bertz CT molecular complexity index is 801. The number of hydrogen-bond donors (Lipinski definition) is 1. The number of benzene rings is 1. The molecule has 1 N–H and O–H groups in total. The summed E-state index contributed by atoms with van der Waals surface area (Å²) in [6, 6.07) is 7.48. The lowest BCUT2D eigenvalue weighted by molar-refractivity contribution is -0.116. The van der Waals surface area contributed by atoms with Crippen LogP contribution in [0.1, 0.15) is 65.9 Å². The zero-order valence-electron chi connectivity index (χ0n) is 17.0. The number of amides is 2. The average molecular weight is 383 g/mol. The third kappa shape index (κ3) is 4.80. The predicted molar refractivity (Wildman–Crippen MR) is 108 cm³/mol. The van der Waals surface area contributed by atoms with Crippen molar-refractivity contribution in [3.63, 3.8) is 0 Å². The second-order valence-electron chi connectivity index (χ2n) is 7.64. The Labute approximate surface area is 166 Å². The van der Waals surface area contributed by atoms with Crippen LogP contribution in [-0.4, -0.2) is 35.0 Å². The zero-order chi connectivity index (χ0) is 20.1. The molecule has 2 aromatic rings. The summed E-state index contributed by atoms with van der Waals surface area (Å²) in [5, 5.41) is 6.80. The van der Waals surface area contributed by atoms with Crippen LogP contribution in [0.3, 0.4) is 0 Å². The van der Waals surface area contributed by atoms with E-state index in [4.69, 9.17) is 4.52 Å². The summed E-state index contributed by atoms with van der Waals surface area (Å²) < 4.78 is 5.13. The number of nitrogens with zero attached hydrogens (tertiary/aromatic N) is 2. The number of hydrogen-bond acceptors (Lipinski definition) is 4. The number of anilines is 1. The lowest BCUT2D eigenvalue weighted by Gasteiger charge is -2.31. The van der Waals surface area contributed by atoms with Gasteiger partial charge in [0.15, 0.2) is 0 Å². The normalized spacial score (nSPS) is 14.7. The maximum atomic E-state index is 12.7. The third-order valence-corrected chi connectivity index (χ3v) is 5.64. The molecular formula is C22H29N3O3. The molecule has 1 aliphatic rings. The Morgan fingerprint density at radius 3 is 2.43 bits per heavy atom. The number of aryl methyl sites for hydroxylation is 2. The smallest absolute Gasteiger partial charge is 0.253 e. The molecule has 1 saturated carbocycles. The minimum Gasteiger partial charge on any atom is -0.361 e. The van der Waals surface area contributed by atoms with Crippen molar-refractivity contribution in [3.8, 4) is 0 Å². The fraction of sp³-hybridized carbons (Fsp3) is 0.500. The number of nitrogens with one attached hydrogen (secondary N) is 1. The van der Waals surface area contributed by atoms with Gasteiger partial charge in [0.25, 0.3) is 5.91 Å². The summed E-state index contributed by atoms with van der Waals surface area (Å²) >= 11 is 0. The van der Waals surface area contributed by atoms with E-state index in [1.54, 1.807) is 24.3 Å². The Morgan fingerprint density at radius 2 is 1.82 bits per heavy atom. The van der Waals surface area contributed by atoms with E-state index in [9.17, 15) is 9.59 Å². The van der Waals surface area contributed by atoms with E-state index in [0.29, 0.717) is 30.1 Å². The first-order valence-electron chi connectivity index (χ1n) is 10.0. The zero-order valence-corrected chi connectivity index (χ0v) is 17.0. The van der Waals surface area contributed by atoms with Crippen molar-refractivity contribution in [2.75, 3.05) is 12.4 Å². The second kappa shape index (κ2) is 9.04. The number of carbonyl (C=O) groups excluding carboxylic acids is 2. The summed E-state index contributed by atoms with van der Waals surface area (Å²) in [7, 11) is 1.89. The first-order chi connectivity index (χ1) is 13.5. The van der Waals surface area contributed by atoms with E-state index >= 15 is 0 Å². The van der Waals surface area contributed by atoms with Gasteiger partial charge in [-0.25, -0.2) is 0 Å². The molecule has 28 heavy (non-hydrogen) atoms. The highest BCUT2D eigenvalue weighted by molar-refractivity contribution is 5.95. The number of carbonyl (C=O) groups is 2. The van der Waals surface area contributed by atoms with Crippen LogP contribution in [0.25, 0.3) is 0 Å². The van der Waals surface area contributed by atoms with E-state index < -0.39 is 0 Å². The molecule has 1 aromatic heterocycles. The Balaban J connectivity index is 1.53. The van der Waals surface area contributed by atoms with Crippen molar-refractivity contribution in [1.82, 2.24) is 10.1 Å². The minimum absolute atomic E-state index is 0.0446. The molecule has 0 radical (unpaired) electrons. The van der Waals surface area contributed by atoms with Gasteiger partial charge in [0, 0.05) is 36.3 Å². The van der Waals surface area contributed by atoms with E-state index in [1.165, 1.54) is 19.3 Å². The van der Waals surface area contributed by atoms with Gasteiger partial charge in [-0.1, -0.05) is 24.4 Å². The van der Waals surface area contributed by atoms with Crippen molar-refractivity contribution >= 4 is 17.5 Å². The van der Waals surface area contributed by atoms with Gasteiger partial charge >= 0.3 is 0 Å². The predicted octanol–water partition coefficient (Wildman–Crippen LogP) is 4.27. The van der Waals surface area contributed by atoms with Crippen LogP contribution in [0, 0.1) is 13.8 Å². The number of aromatic nitrogens is 1. The highest BCUT2D eigenvalue weighted by Gasteiger charge is 2.23. The van der Waals surface area contributed by atoms with Crippen molar-refractivity contribution < 1.29 is 14.1 Å². The molecule has 3 rings (SSSR count). The first kappa shape index (κ1) is 20.1. The van der Waals surface area contributed by atoms with Crippen molar-refractivity contribution in [1.29, 1.82) is 0 Å². The van der Waals surface area contributed by atoms with Gasteiger partial charge in [-0.3, -0.25) is 9.59 Å². The SMILES string of the molecule is Cc1noc(C)c1CCC(=O)Nc1ccc(C(=O)N(C)C2CCCCC2)cc1. The molecule has 1 aromatic carbocycles. The van der Waals surface area contributed by atoms with Gasteiger partial charge in [-0.15, -0.1) is 0 Å². The molecule has 150 valence electrons. The summed E-state index contributed by atoms with van der Waals surface area (Å²) in [6.45, 7) is 3.73. The molecule has 0 unspecified atom stereocenters. The van der Waals surface area contributed by atoms with Crippen LogP contribution in [0.2, 0.25) is 0 Å². The van der Waals surface area contributed by atoms with Crippen LogP contribution in [0.15, 0.2) is 28.8 Å². The third-order valence-electron chi connectivity index (χ3n) is 5.64. The van der Waals surface area contributed by atoms with Gasteiger partial charge in [0.1, 0.15) is 5.76 Å². The molecule has 0 bridgehead atoms. The Kier molecular flexibility index (Phi) is 6.49. The van der Waals surface area contributed by atoms with Gasteiger partial charge in [0.2, 0.25) is 5.91 Å². The lowest BCUT2D eigenvalue weighted by Crippen LogP contribution is -2.38. The van der Waals surface area contributed by atoms with E-state index in [1.807, 2.05) is 25.8 Å². The monoisotopic (exact) mass is 383 g/mol. The molecule has 0 spiro atoms. The summed E-state index contributed by atoms with van der Waals surface area (Å²) in [5.41, 5.74) is 3.17. The molecule has 1 aliphatic carbocycles. The first-order valence-corrected chi connectivity index (χ1v) is 10.0. The standard InChI is InChI=1S/C22H29N3O3/c1-15-20(16(2)28-24-15)13-14-21(26)23-18-11-9-17(10-12-18)22(27)25(3)19-7-5-4-6-8-19/h9-12,19H,4-8,13-14H2,1-3H3,(H,23,26). The summed E-state index contributed by atoms with van der Waals surface area (Å²) in [4.78, 5) is 26.8. The van der Waals surface area contributed by atoms with Crippen LogP contribution in [0.5, 0.6) is 0 Å². The quantitative estimate of drug-likeness (QED) is 0.808. The van der Waals surface area contributed by atoms with E-state index in [0.717, 1.165) is 29.9 Å². The van der Waals surface area contributed by atoms with E-state index in [2.05, 4.69) is 10.5 Å². The molecule has 6 nitrogen and oxygen atoms in total. The van der Waals surface area contributed by atoms with Gasteiger partial charge in [-0.05, 0) is 57.4 Å². The molecule has 0 aliphatic heterocycles. The average Bonchev–Trinajstić information content (AvgIpc) is 3.04. The number of rotatable bonds is 6. The molecule has 0 atom stereocenters. The molecule has 2 amide bonds. The van der Waals surface area contributed by atoms with Crippen LogP contribution in [0.4, 0.5) is 5.69 Å². The van der Waals surface area contributed by atoms with Gasteiger partial charge in [0.05, 0.1) is 5.69 Å². The fourth-order valence-corrected chi connectivity index (χ4v) is 3.85. The lowest BCUT2D eigenvalue weighted by atomic mass is 9.94. The van der Waals surface area contributed by atoms with Crippen LogP contribution in [-0.2, 0) is 11.2 Å². The van der Waals surface area contributed by atoms with Crippen molar-refractivity contribution in [3.05, 3.63) is 46.8 Å². The maximum absolute atomic E-state index is 12.7. The Hall–Kier alpha value is -2.63. The van der Waals surface area contributed by atoms with Crippen LogP contribution >= 0.6 is 0 Å². The molecule has 6 heteroatoms. The highest BCUT2D eigenvalue weighted by atomic mass is 16.5. The van der Waals surface area contributed by atoms with Gasteiger partial charge < -0.3 is 14.7 Å². The summed E-state index contributed by atoms with van der Waals surface area (Å²) in [5.74, 6) is 0.733. The molecule has 1 heterocycles. The van der Waals surface area contributed by atoms with Crippen molar-refractivity contribution in [2.24, 2.45) is 0 Å². The summed E-state index contributed by atoms with van der Waals surface area (Å²) in [6.07, 6.45) is 6.78. The fourth-order valence-electron chi connectivity index (χ4n) is 3.85. The second-order valence-corrected chi connectivity index (χ2v) is 7.64. The van der Waals surface area contributed by atoms with E-state index in [-0.39, 0.29) is 11.8 Å². The largest absolute Gasteiger partial charge is 0.361 e. The topological polar surface area (TPSA) is 75.4 Å².